The van der Waals surface area contributed by atoms with Gasteiger partial charge in [-0.15, -0.1) is 0 Å². The van der Waals surface area contributed by atoms with Crippen LogP contribution in [-0.4, -0.2) is 20.8 Å². The van der Waals surface area contributed by atoms with E-state index in [0.717, 1.165) is 24.5 Å². The van der Waals surface area contributed by atoms with Gasteiger partial charge in [0, 0.05) is 12.1 Å². The lowest BCUT2D eigenvalue weighted by atomic mass is 10.1. The number of hydrogen-bond acceptors (Lipinski definition) is 3. The summed E-state index contributed by atoms with van der Waals surface area (Å²) in [6.07, 6.45) is 1.13. The molecule has 0 aromatic heterocycles. The molecule has 1 unspecified atom stereocenters. The largest absolute Gasteiger partial charge is 0.497 e. The third kappa shape index (κ3) is 3.42. The van der Waals surface area contributed by atoms with Gasteiger partial charge in [0.1, 0.15) is 11.5 Å². The first-order valence-electron chi connectivity index (χ1n) is 5.67. The molecule has 0 aliphatic carbocycles. The fraction of sp³-hybridized carbons (Fsp3) is 0.538. The van der Waals surface area contributed by atoms with Crippen LogP contribution < -0.4 is 14.8 Å². The first-order chi connectivity index (χ1) is 7.71. The molecule has 3 heteroatoms. The Morgan fingerprint density at radius 2 is 1.69 bits per heavy atom. The number of rotatable bonds is 6. The van der Waals surface area contributed by atoms with Crippen molar-refractivity contribution in [2.24, 2.45) is 0 Å². The zero-order chi connectivity index (χ0) is 12.0. The van der Waals surface area contributed by atoms with Crippen LogP contribution in [0.5, 0.6) is 11.5 Å². The Kier molecular flexibility index (Phi) is 5.12. The standard InChI is InChI=1S/C13H21NO2/c1-5-6-14-10(2)11-7-12(15-3)9-13(8-11)16-4/h7-10,14H,5-6H2,1-4H3. The highest BCUT2D eigenvalue weighted by atomic mass is 16.5. The maximum atomic E-state index is 5.24. The van der Waals surface area contributed by atoms with Crippen molar-refractivity contribution in [3.8, 4) is 11.5 Å². The van der Waals surface area contributed by atoms with E-state index in [4.69, 9.17) is 9.47 Å². The molecule has 90 valence electrons. The van der Waals surface area contributed by atoms with Crippen molar-refractivity contribution in [3.05, 3.63) is 23.8 Å². The molecule has 0 saturated heterocycles. The van der Waals surface area contributed by atoms with Crippen molar-refractivity contribution in [2.75, 3.05) is 20.8 Å². The monoisotopic (exact) mass is 223 g/mol. The van der Waals surface area contributed by atoms with Gasteiger partial charge in [-0.1, -0.05) is 6.92 Å². The molecule has 0 radical (unpaired) electrons. The molecule has 1 aromatic rings. The van der Waals surface area contributed by atoms with Crippen LogP contribution in [0, 0.1) is 0 Å². The van der Waals surface area contributed by atoms with Crippen LogP contribution in [0.3, 0.4) is 0 Å². The van der Waals surface area contributed by atoms with E-state index < -0.39 is 0 Å². The van der Waals surface area contributed by atoms with Gasteiger partial charge in [0.2, 0.25) is 0 Å². The quantitative estimate of drug-likeness (QED) is 0.804. The molecular weight excluding hydrogens is 202 g/mol. The molecule has 1 N–H and O–H groups in total. The molecule has 0 aliphatic heterocycles. The number of hydrogen-bond donors (Lipinski definition) is 1. The van der Waals surface area contributed by atoms with Gasteiger partial charge in [-0.3, -0.25) is 0 Å². The molecule has 0 aliphatic rings. The van der Waals surface area contributed by atoms with Crippen LogP contribution in [0.25, 0.3) is 0 Å². The van der Waals surface area contributed by atoms with E-state index in [-0.39, 0.29) is 0 Å². The number of benzene rings is 1. The Hall–Kier alpha value is -1.22. The van der Waals surface area contributed by atoms with Crippen molar-refractivity contribution in [3.63, 3.8) is 0 Å². The van der Waals surface area contributed by atoms with E-state index in [1.54, 1.807) is 14.2 Å². The topological polar surface area (TPSA) is 30.5 Å². The minimum absolute atomic E-state index is 0.309. The van der Waals surface area contributed by atoms with Gasteiger partial charge in [-0.25, -0.2) is 0 Å². The van der Waals surface area contributed by atoms with Crippen LogP contribution in [-0.2, 0) is 0 Å². The Bertz CT molecular complexity index is 303. The van der Waals surface area contributed by atoms with E-state index in [1.807, 2.05) is 18.2 Å². The Balaban J connectivity index is 2.85. The lowest BCUT2D eigenvalue weighted by Crippen LogP contribution is -2.19. The average Bonchev–Trinajstić information content (AvgIpc) is 2.35. The van der Waals surface area contributed by atoms with E-state index in [0.29, 0.717) is 6.04 Å². The number of methoxy groups -OCH3 is 2. The minimum Gasteiger partial charge on any atom is -0.497 e. The maximum Gasteiger partial charge on any atom is 0.122 e. The highest BCUT2D eigenvalue weighted by Gasteiger charge is 2.08. The summed E-state index contributed by atoms with van der Waals surface area (Å²) in [5, 5.41) is 3.44. The second kappa shape index (κ2) is 6.38. The molecule has 0 bridgehead atoms. The van der Waals surface area contributed by atoms with E-state index in [9.17, 15) is 0 Å². The van der Waals surface area contributed by atoms with Crippen LogP contribution >= 0.6 is 0 Å². The first-order valence-corrected chi connectivity index (χ1v) is 5.67. The van der Waals surface area contributed by atoms with E-state index in [2.05, 4.69) is 19.2 Å². The van der Waals surface area contributed by atoms with Crippen molar-refractivity contribution in [1.29, 1.82) is 0 Å². The summed E-state index contributed by atoms with van der Waals surface area (Å²) in [7, 11) is 3.34. The van der Waals surface area contributed by atoms with Crippen LogP contribution in [0.15, 0.2) is 18.2 Å². The molecule has 1 rings (SSSR count). The van der Waals surface area contributed by atoms with Gasteiger partial charge in [0.15, 0.2) is 0 Å². The normalized spacial score (nSPS) is 12.2. The lowest BCUT2D eigenvalue weighted by Gasteiger charge is -2.15. The van der Waals surface area contributed by atoms with Gasteiger partial charge in [0.25, 0.3) is 0 Å². The van der Waals surface area contributed by atoms with Gasteiger partial charge < -0.3 is 14.8 Å². The average molecular weight is 223 g/mol. The molecule has 0 spiro atoms. The molecule has 0 heterocycles. The number of nitrogens with one attached hydrogen (secondary N) is 1. The summed E-state index contributed by atoms with van der Waals surface area (Å²) in [6, 6.07) is 6.27. The molecule has 0 amide bonds. The highest BCUT2D eigenvalue weighted by Crippen LogP contribution is 2.26. The molecule has 0 saturated carbocycles. The first kappa shape index (κ1) is 12.8. The fourth-order valence-electron chi connectivity index (χ4n) is 1.56. The predicted octanol–water partition coefficient (Wildman–Crippen LogP) is 2.76. The zero-order valence-electron chi connectivity index (χ0n) is 10.5. The molecule has 1 atom stereocenters. The molecule has 1 aromatic carbocycles. The smallest absolute Gasteiger partial charge is 0.122 e. The van der Waals surface area contributed by atoms with Crippen molar-refractivity contribution in [2.45, 2.75) is 26.3 Å². The Labute approximate surface area is 97.8 Å². The lowest BCUT2D eigenvalue weighted by molar-refractivity contribution is 0.392. The number of ether oxygens (including phenoxy) is 2. The van der Waals surface area contributed by atoms with Crippen molar-refractivity contribution < 1.29 is 9.47 Å². The van der Waals surface area contributed by atoms with Crippen LogP contribution in [0.4, 0.5) is 0 Å². The van der Waals surface area contributed by atoms with Crippen LogP contribution in [0.1, 0.15) is 31.9 Å². The summed E-state index contributed by atoms with van der Waals surface area (Å²) < 4.78 is 10.5. The summed E-state index contributed by atoms with van der Waals surface area (Å²) >= 11 is 0. The summed E-state index contributed by atoms with van der Waals surface area (Å²) in [5.41, 5.74) is 1.18. The maximum absolute atomic E-state index is 5.24. The van der Waals surface area contributed by atoms with E-state index >= 15 is 0 Å². The summed E-state index contributed by atoms with van der Waals surface area (Å²) in [6.45, 7) is 5.32. The molecule has 0 fully saturated rings. The Morgan fingerprint density at radius 1 is 1.12 bits per heavy atom. The Morgan fingerprint density at radius 3 is 2.12 bits per heavy atom. The van der Waals surface area contributed by atoms with Crippen molar-refractivity contribution >= 4 is 0 Å². The summed E-state index contributed by atoms with van der Waals surface area (Å²) in [4.78, 5) is 0. The highest BCUT2D eigenvalue weighted by molar-refractivity contribution is 5.39. The summed E-state index contributed by atoms with van der Waals surface area (Å²) in [5.74, 6) is 1.67. The van der Waals surface area contributed by atoms with Crippen molar-refractivity contribution in [1.82, 2.24) is 5.32 Å². The second-order valence-corrected chi connectivity index (χ2v) is 3.82. The molecule has 3 nitrogen and oxygen atoms in total. The zero-order valence-corrected chi connectivity index (χ0v) is 10.5. The van der Waals surface area contributed by atoms with Gasteiger partial charge >= 0.3 is 0 Å². The SMILES string of the molecule is CCCNC(C)c1cc(OC)cc(OC)c1. The van der Waals surface area contributed by atoms with Gasteiger partial charge in [-0.2, -0.15) is 0 Å². The second-order valence-electron chi connectivity index (χ2n) is 3.82. The van der Waals surface area contributed by atoms with E-state index in [1.165, 1.54) is 5.56 Å². The fourth-order valence-corrected chi connectivity index (χ4v) is 1.56. The molecule has 16 heavy (non-hydrogen) atoms. The van der Waals surface area contributed by atoms with Gasteiger partial charge in [0.05, 0.1) is 14.2 Å². The third-order valence-electron chi connectivity index (χ3n) is 2.57. The third-order valence-corrected chi connectivity index (χ3v) is 2.57. The van der Waals surface area contributed by atoms with Gasteiger partial charge in [-0.05, 0) is 37.6 Å². The minimum atomic E-state index is 0.309. The molecular formula is C13H21NO2. The predicted molar refractivity (Wildman–Crippen MR) is 66.3 cm³/mol. The van der Waals surface area contributed by atoms with Crippen LogP contribution in [0.2, 0.25) is 0 Å².